The molecule has 0 bridgehead atoms. The average Bonchev–Trinajstić information content (AvgIpc) is 2.15. The molecule has 5 nitrogen and oxygen atoms in total. The largest absolute Gasteiger partial charge is 0.478 e. The lowest BCUT2D eigenvalue weighted by atomic mass is 10.2. The summed E-state index contributed by atoms with van der Waals surface area (Å²) < 4.78 is 38.6. The summed E-state index contributed by atoms with van der Waals surface area (Å²) >= 11 is 5.49. The molecule has 0 heterocycles. The van der Waals surface area contributed by atoms with Gasteiger partial charge in [-0.25, -0.2) is 22.3 Å². The predicted molar refractivity (Wildman–Crippen MR) is 59.2 cm³/mol. The number of halogens is 2. The quantitative estimate of drug-likeness (QED) is 0.875. The van der Waals surface area contributed by atoms with E-state index in [1.807, 2.05) is 0 Å². The fourth-order valence-electron chi connectivity index (χ4n) is 1.17. The van der Waals surface area contributed by atoms with E-state index in [0.717, 1.165) is 0 Å². The van der Waals surface area contributed by atoms with Gasteiger partial charge in [-0.05, 0) is 12.1 Å². The minimum Gasteiger partial charge on any atom is -0.478 e. The van der Waals surface area contributed by atoms with Crippen molar-refractivity contribution in [2.75, 3.05) is 6.54 Å². The smallest absolute Gasteiger partial charge is 0.337 e. The van der Waals surface area contributed by atoms with Gasteiger partial charge in [0.05, 0.1) is 10.6 Å². The highest BCUT2D eigenvalue weighted by molar-refractivity contribution is 7.89. The Bertz CT molecular complexity index is 558. The van der Waals surface area contributed by atoms with Crippen molar-refractivity contribution >= 4 is 27.6 Å². The van der Waals surface area contributed by atoms with Crippen LogP contribution in [0.5, 0.6) is 0 Å². The maximum atomic E-state index is 13.4. The molecule has 0 amide bonds. The highest BCUT2D eigenvalue weighted by Gasteiger charge is 2.22. The molecule has 17 heavy (non-hydrogen) atoms. The van der Waals surface area contributed by atoms with Crippen LogP contribution in [0.4, 0.5) is 4.39 Å². The third-order valence-corrected chi connectivity index (χ3v) is 3.75. The van der Waals surface area contributed by atoms with E-state index in [2.05, 4.69) is 4.72 Å². The van der Waals surface area contributed by atoms with Crippen molar-refractivity contribution in [2.45, 2.75) is 11.8 Å². The summed E-state index contributed by atoms with van der Waals surface area (Å²) in [6, 6.07) is 1.35. The molecule has 0 unspecified atom stereocenters. The Morgan fingerprint density at radius 3 is 2.59 bits per heavy atom. The van der Waals surface area contributed by atoms with Crippen molar-refractivity contribution in [3.05, 3.63) is 28.5 Å². The number of sulfonamides is 1. The minimum absolute atomic E-state index is 0.0623. The van der Waals surface area contributed by atoms with Crippen LogP contribution in [0.1, 0.15) is 17.3 Å². The monoisotopic (exact) mass is 281 g/mol. The van der Waals surface area contributed by atoms with E-state index in [-0.39, 0.29) is 11.6 Å². The van der Waals surface area contributed by atoms with Crippen LogP contribution in [0.15, 0.2) is 17.0 Å². The zero-order valence-electron chi connectivity index (χ0n) is 8.70. The fraction of sp³-hybridized carbons (Fsp3) is 0.222. The third kappa shape index (κ3) is 2.93. The summed E-state index contributed by atoms with van der Waals surface area (Å²) in [7, 11) is -4.06. The summed E-state index contributed by atoms with van der Waals surface area (Å²) in [6.07, 6.45) is 0. The molecular weight excluding hydrogens is 273 g/mol. The van der Waals surface area contributed by atoms with Gasteiger partial charge in [-0.1, -0.05) is 18.5 Å². The van der Waals surface area contributed by atoms with Crippen LogP contribution in [0.3, 0.4) is 0 Å². The summed E-state index contributed by atoms with van der Waals surface area (Å²) in [5.74, 6) is -2.52. The molecule has 0 aromatic heterocycles. The van der Waals surface area contributed by atoms with Crippen LogP contribution in [0, 0.1) is 5.82 Å². The van der Waals surface area contributed by atoms with Gasteiger partial charge in [0.25, 0.3) is 0 Å². The first-order valence-corrected chi connectivity index (χ1v) is 6.37. The van der Waals surface area contributed by atoms with Gasteiger partial charge in [0.1, 0.15) is 10.7 Å². The average molecular weight is 282 g/mol. The zero-order chi connectivity index (χ0) is 13.2. The minimum atomic E-state index is -4.06. The van der Waals surface area contributed by atoms with E-state index in [1.165, 1.54) is 6.92 Å². The van der Waals surface area contributed by atoms with Gasteiger partial charge in [0, 0.05) is 6.54 Å². The summed E-state index contributed by atoms with van der Waals surface area (Å²) in [5.41, 5.74) is -0.468. The molecule has 1 aromatic carbocycles. The van der Waals surface area contributed by atoms with Crippen LogP contribution >= 0.6 is 11.6 Å². The molecule has 0 saturated heterocycles. The number of carboxylic acid groups (broad SMARTS) is 1. The third-order valence-electron chi connectivity index (χ3n) is 1.88. The van der Waals surface area contributed by atoms with Crippen molar-refractivity contribution in [3.63, 3.8) is 0 Å². The van der Waals surface area contributed by atoms with Crippen LogP contribution in [-0.2, 0) is 10.0 Å². The maximum absolute atomic E-state index is 13.4. The first kappa shape index (κ1) is 13.9. The number of rotatable bonds is 4. The van der Waals surface area contributed by atoms with Crippen LogP contribution < -0.4 is 4.72 Å². The summed E-state index contributed by atoms with van der Waals surface area (Å²) in [4.78, 5) is 10.0. The Morgan fingerprint density at radius 2 is 2.12 bits per heavy atom. The van der Waals surface area contributed by atoms with Gasteiger partial charge in [-0.2, -0.15) is 0 Å². The van der Waals surface area contributed by atoms with Crippen molar-refractivity contribution in [2.24, 2.45) is 0 Å². The van der Waals surface area contributed by atoms with Crippen LogP contribution in [0.2, 0.25) is 5.02 Å². The molecular formula is C9H9ClFNO4S. The van der Waals surface area contributed by atoms with E-state index >= 15 is 0 Å². The van der Waals surface area contributed by atoms with E-state index < -0.39 is 32.3 Å². The lowest BCUT2D eigenvalue weighted by Gasteiger charge is -2.07. The topological polar surface area (TPSA) is 83.5 Å². The number of carbonyl (C=O) groups is 1. The molecule has 0 fully saturated rings. The molecule has 94 valence electrons. The fourth-order valence-corrected chi connectivity index (χ4v) is 2.52. The second-order valence-corrected chi connectivity index (χ2v) is 5.21. The standard InChI is InChI=1S/C9H9ClFNO4S/c1-2-12-17(15,16)8-3-5(9(13)14)6(10)4-7(8)11/h3-4,12H,2H2,1H3,(H,13,14). The van der Waals surface area contributed by atoms with Crippen molar-refractivity contribution < 1.29 is 22.7 Å². The van der Waals surface area contributed by atoms with Gasteiger partial charge < -0.3 is 5.11 Å². The molecule has 2 N–H and O–H groups in total. The summed E-state index contributed by atoms with van der Waals surface area (Å²) in [6.45, 7) is 1.58. The first-order valence-electron chi connectivity index (χ1n) is 4.51. The molecule has 1 rings (SSSR count). The molecule has 1 aromatic rings. The van der Waals surface area contributed by atoms with E-state index in [9.17, 15) is 17.6 Å². The zero-order valence-corrected chi connectivity index (χ0v) is 10.3. The molecule has 8 heteroatoms. The van der Waals surface area contributed by atoms with Crippen molar-refractivity contribution in [3.8, 4) is 0 Å². The van der Waals surface area contributed by atoms with Crippen LogP contribution in [-0.4, -0.2) is 26.0 Å². The van der Waals surface area contributed by atoms with Crippen molar-refractivity contribution in [1.29, 1.82) is 0 Å². The lowest BCUT2D eigenvalue weighted by Crippen LogP contribution is -2.24. The number of carboxylic acids is 1. The molecule has 0 aliphatic carbocycles. The molecule has 0 aliphatic heterocycles. The Morgan fingerprint density at radius 1 is 1.53 bits per heavy atom. The van der Waals surface area contributed by atoms with E-state index in [4.69, 9.17) is 16.7 Å². The SMILES string of the molecule is CCNS(=O)(=O)c1cc(C(=O)O)c(Cl)cc1F. The predicted octanol–water partition coefficient (Wildman–Crippen LogP) is 1.48. The Labute approximate surface area is 102 Å². The van der Waals surface area contributed by atoms with E-state index in [1.54, 1.807) is 0 Å². The van der Waals surface area contributed by atoms with Gasteiger partial charge in [0.2, 0.25) is 10.0 Å². The highest BCUT2D eigenvalue weighted by atomic mass is 35.5. The molecule has 0 radical (unpaired) electrons. The number of hydrogen-bond donors (Lipinski definition) is 2. The summed E-state index contributed by atoms with van der Waals surface area (Å²) in [5, 5.41) is 8.40. The number of nitrogens with one attached hydrogen (secondary N) is 1. The number of benzene rings is 1. The number of hydrogen-bond acceptors (Lipinski definition) is 3. The molecule has 0 spiro atoms. The Balaban J connectivity index is 3.45. The van der Waals surface area contributed by atoms with Crippen molar-refractivity contribution in [1.82, 2.24) is 4.72 Å². The van der Waals surface area contributed by atoms with Gasteiger partial charge in [-0.3, -0.25) is 0 Å². The van der Waals surface area contributed by atoms with Gasteiger partial charge in [0.15, 0.2) is 0 Å². The number of aromatic carboxylic acids is 1. The molecule has 0 aliphatic rings. The highest BCUT2D eigenvalue weighted by Crippen LogP contribution is 2.23. The Kier molecular flexibility index (Phi) is 4.07. The second-order valence-electron chi connectivity index (χ2n) is 3.07. The van der Waals surface area contributed by atoms with Gasteiger partial charge in [-0.15, -0.1) is 0 Å². The second kappa shape index (κ2) is 4.99. The van der Waals surface area contributed by atoms with Crippen LogP contribution in [0.25, 0.3) is 0 Å². The van der Waals surface area contributed by atoms with Gasteiger partial charge >= 0.3 is 5.97 Å². The van der Waals surface area contributed by atoms with E-state index in [0.29, 0.717) is 12.1 Å². The molecule has 0 atom stereocenters. The molecule has 0 saturated carbocycles. The Hall–Kier alpha value is -1.18. The lowest BCUT2D eigenvalue weighted by molar-refractivity contribution is 0.0696. The maximum Gasteiger partial charge on any atom is 0.337 e. The normalized spacial score (nSPS) is 11.5. The first-order chi connectivity index (χ1) is 7.79.